The second kappa shape index (κ2) is 4.31. The van der Waals surface area contributed by atoms with Gasteiger partial charge in [0.15, 0.2) is 5.69 Å². The SMILES string of the molecule is O=C(O)c1csc(-c2c(F)cccc2Br)n1. The van der Waals surface area contributed by atoms with Crippen molar-refractivity contribution >= 4 is 33.2 Å². The fourth-order valence-corrected chi connectivity index (χ4v) is 2.70. The zero-order valence-corrected chi connectivity index (χ0v) is 10.2. The summed E-state index contributed by atoms with van der Waals surface area (Å²) in [5, 5.41) is 10.5. The average Bonchev–Trinajstić information content (AvgIpc) is 2.66. The lowest BCUT2D eigenvalue weighted by atomic mass is 10.2. The maximum absolute atomic E-state index is 13.5. The van der Waals surface area contributed by atoms with Gasteiger partial charge in [-0.2, -0.15) is 0 Å². The first-order valence-electron chi connectivity index (χ1n) is 4.23. The van der Waals surface area contributed by atoms with E-state index in [1.807, 2.05) is 0 Å². The molecule has 0 fully saturated rings. The number of carboxylic acid groups (broad SMARTS) is 1. The third-order valence-electron chi connectivity index (χ3n) is 1.90. The van der Waals surface area contributed by atoms with E-state index < -0.39 is 11.8 Å². The molecule has 0 aliphatic heterocycles. The molecule has 0 radical (unpaired) electrons. The smallest absolute Gasteiger partial charge is 0.355 e. The second-order valence-electron chi connectivity index (χ2n) is 2.94. The fourth-order valence-electron chi connectivity index (χ4n) is 1.19. The van der Waals surface area contributed by atoms with Crippen LogP contribution < -0.4 is 0 Å². The molecule has 0 atom stereocenters. The summed E-state index contributed by atoms with van der Waals surface area (Å²) in [5.41, 5.74) is 0.218. The number of carboxylic acids is 1. The summed E-state index contributed by atoms with van der Waals surface area (Å²) >= 11 is 4.31. The van der Waals surface area contributed by atoms with E-state index in [4.69, 9.17) is 5.11 Å². The molecule has 0 saturated carbocycles. The van der Waals surface area contributed by atoms with Crippen molar-refractivity contribution in [2.75, 3.05) is 0 Å². The maximum atomic E-state index is 13.5. The number of nitrogens with zero attached hydrogens (tertiary/aromatic N) is 1. The standard InChI is InChI=1S/C10H5BrFNO2S/c11-5-2-1-3-6(12)8(5)9-13-7(4-16-9)10(14)15/h1-4H,(H,14,15). The van der Waals surface area contributed by atoms with Crippen molar-refractivity contribution in [2.24, 2.45) is 0 Å². The average molecular weight is 302 g/mol. The summed E-state index contributed by atoms with van der Waals surface area (Å²) < 4.78 is 14.1. The molecule has 0 bridgehead atoms. The molecule has 1 N–H and O–H groups in total. The molecule has 0 amide bonds. The molecule has 0 aliphatic rings. The third-order valence-corrected chi connectivity index (χ3v) is 3.42. The number of benzene rings is 1. The van der Waals surface area contributed by atoms with Gasteiger partial charge in [0.1, 0.15) is 10.8 Å². The Labute approximate surface area is 103 Å². The number of aromatic nitrogens is 1. The van der Waals surface area contributed by atoms with E-state index in [1.165, 1.54) is 11.4 Å². The lowest BCUT2D eigenvalue weighted by Crippen LogP contribution is -1.96. The predicted molar refractivity (Wildman–Crippen MR) is 62.2 cm³/mol. The molecular weight excluding hydrogens is 297 g/mol. The predicted octanol–water partition coefficient (Wildman–Crippen LogP) is 3.41. The van der Waals surface area contributed by atoms with Crippen LogP contribution in [0.5, 0.6) is 0 Å². The largest absolute Gasteiger partial charge is 0.476 e. The molecule has 1 aromatic heterocycles. The minimum Gasteiger partial charge on any atom is -0.476 e. The van der Waals surface area contributed by atoms with Crippen molar-refractivity contribution in [3.05, 3.63) is 39.6 Å². The summed E-state index contributed by atoms with van der Waals surface area (Å²) in [4.78, 5) is 14.5. The molecular formula is C10H5BrFNO2S. The molecule has 0 unspecified atom stereocenters. The lowest BCUT2D eigenvalue weighted by Gasteiger charge is -2.01. The number of carbonyl (C=O) groups is 1. The van der Waals surface area contributed by atoms with Crippen LogP contribution in [0.2, 0.25) is 0 Å². The van der Waals surface area contributed by atoms with Gasteiger partial charge in [-0.15, -0.1) is 11.3 Å². The topological polar surface area (TPSA) is 50.2 Å². The summed E-state index contributed by atoms with van der Waals surface area (Å²) in [7, 11) is 0. The van der Waals surface area contributed by atoms with E-state index in [0.717, 1.165) is 11.3 Å². The van der Waals surface area contributed by atoms with Crippen LogP contribution in [0.15, 0.2) is 28.1 Å². The van der Waals surface area contributed by atoms with E-state index in [0.29, 0.717) is 15.0 Å². The number of rotatable bonds is 2. The van der Waals surface area contributed by atoms with Gasteiger partial charge in [0, 0.05) is 9.85 Å². The molecule has 2 aromatic rings. The van der Waals surface area contributed by atoms with Crippen molar-refractivity contribution in [2.45, 2.75) is 0 Å². The van der Waals surface area contributed by atoms with Crippen LogP contribution in [0.1, 0.15) is 10.5 Å². The van der Waals surface area contributed by atoms with Gasteiger partial charge in [-0.05, 0) is 28.1 Å². The summed E-state index contributed by atoms with van der Waals surface area (Å²) in [6.07, 6.45) is 0. The third kappa shape index (κ3) is 1.98. The van der Waals surface area contributed by atoms with Gasteiger partial charge < -0.3 is 5.11 Å². The van der Waals surface area contributed by atoms with Crippen molar-refractivity contribution < 1.29 is 14.3 Å². The molecule has 2 rings (SSSR count). The first kappa shape index (κ1) is 11.2. The Morgan fingerprint density at radius 2 is 2.25 bits per heavy atom. The second-order valence-corrected chi connectivity index (χ2v) is 4.65. The Bertz CT molecular complexity index is 535. The van der Waals surface area contributed by atoms with Gasteiger partial charge in [0.25, 0.3) is 0 Å². The highest BCUT2D eigenvalue weighted by molar-refractivity contribution is 9.10. The molecule has 82 valence electrons. The summed E-state index contributed by atoms with van der Waals surface area (Å²) in [6, 6.07) is 4.55. The highest BCUT2D eigenvalue weighted by Gasteiger charge is 2.15. The van der Waals surface area contributed by atoms with Gasteiger partial charge in [-0.3, -0.25) is 0 Å². The first-order chi connectivity index (χ1) is 7.59. The highest BCUT2D eigenvalue weighted by atomic mass is 79.9. The van der Waals surface area contributed by atoms with Crippen LogP contribution in [-0.2, 0) is 0 Å². The van der Waals surface area contributed by atoms with E-state index in [9.17, 15) is 9.18 Å². The Hall–Kier alpha value is -1.27. The van der Waals surface area contributed by atoms with Gasteiger partial charge in [-0.1, -0.05) is 6.07 Å². The first-order valence-corrected chi connectivity index (χ1v) is 5.90. The molecule has 1 heterocycles. The van der Waals surface area contributed by atoms with Crippen LogP contribution in [-0.4, -0.2) is 16.1 Å². The van der Waals surface area contributed by atoms with Gasteiger partial charge in [0.2, 0.25) is 0 Å². The number of aromatic carboxylic acids is 1. The normalized spacial score (nSPS) is 10.4. The summed E-state index contributed by atoms with van der Waals surface area (Å²) in [6.45, 7) is 0. The van der Waals surface area contributed by atoms with Crippen LogP contribution >= 0.6 is 27.3 Å². The van der Waals surface area contributed by atoms with Crippen LogP contribution in [0.4, 0.5) is 4.39 Å². The van der Waals surface area contributed by atoms with E-state index in [-0.39, 0.29) is 5.69 Å². The number of halogens is 2. The quantitative estimate of drug-likeness (QED) is 0.925. The van der Waals surface area contributed by atoms with Crippen molar-refractivity contribution in [1.82, 2.24) is 4.98 Å². The molecule has 3 nitrogen and oxygen atoms in total. The summed E-state index contributed by atoms with van der Waals surface area (Å²) in [5.74, 6) is -1.55. The van der Waals surface area contributed by atoms with E-state index in [1.54, 1.807) is 12.1 Å². The zero-order chi connectivity index (χ0) is 11.7. The van der Waals surface area contributed by atoms with Crippen LogP contribution in [0.3, 0.4) is 0 Å². The molecule has 0 spiro atoms. The Morgan fingerprint density at radius 3 is 2.81 bits per heavy atom. The van der Waals surface area contributed by atoms with E-state index >= 15 is 0 Å². The number of hydrogen-bond acceptors (Lipinski definition) is 3. The van der Waals surface area contributed by atoms with Crippen molar-refractivity contribution in [3.63, 3.8) is 0 Å². The Morgan fingerprint density at radius 1 is 1.50 bits per heavy atom. The number of thiazole rings is 1. The van der Waals surface area contributed by atoms with Gasteiger partial charge in [0.05, 0.1) is 5.56 Å². The molecule has 16 heavy (non-hydrogen) atoms. The molecule has 0 saturated heterocycles. The lowest BCUT2D eigenvalue weighted by molar-refractivity contribution is 0.0691. The van der Waals surface area contributed by atoms with Gasteiger partial charge in [-0.25, -0.2) is 14.2 Å². The highest BCUT2D eigenvalue weighted by Crippen LogP contribution is 2.32. The van der Waals surface area contributed by atoms with Crippen LogP contribution in [0.25, 0.3) is 10.6 Å². The monoisotopic (exact) mass is 301 g/mol. The molecule has 0 aliphatic carbocycles. The molecule has 1 aromatic carbocycles. The zero-order valence-electron chi connectivity index (χ0n) is 7.78. The fraction of sp³-hybridized carbons (Fsp3) is 0. The van der Waals surface area contributed by atoms with E-state index in [2.05, 4.69) is 20.9 Å². The van der Waals surface area contributed by atoms with Crippen molar-refractivity contribution in [1.29, 1.82) is 0 Å². The molecule has 6 heteroatoms. The minimum atomic E-state index is -1.12. The van der Waals surface area contributed by atoms with Crippen molar-refractivity contribution in [3.8, 4) is 10.6 Å². The Balaban J connectivity index is 2.54. The minimum absolute atomic E-state index is 0.0739. The van der Waals surface area contributed by atoms with Crippen LogP contribution in [0, 0.1) is 5.82 Å². The maximum Gasteiger partial charge on any atom is 0.355 e. The Kier molecular flexibility index (Phi) is 3.02. The number of hydrogen-bond donors (Lipinski definition) is 1. The van der Waals surface area contributed by atoms with Gasteiger partial charge >= 0.3 is 5.97 Å².